The summed E-state index contributed by atoms with van der Waals surface area (Å²) in [5.41, 5.74) is 2.46. The normalized spacial score (nSPS) is 20.6. The van der Waals surface area contributed by atoms with Crippen molar-refractivity contribution < 1.29 is 44.5 Å². The van der Waals surface area contributed by atoms with E-state index in [4.69, 9.17) is 9.47 Å². The van der Waals surface area contributed by atoms with Gasteiger partial charge in [0, 0.05) is 46.0 Å². The molecular formula is C33H52AlLiN2O5. The Hall–Kier alpha value is -1.61. The maximum absolute atomic E-state index is 12.4. The van der Waals surface area contributed by atoms with Crippen LogP contribution in [-0.4, -0.2) is 90.7 Å². The quantitative estimate of drug-likeness (QED) is 0.308. The van der Waals surface area contributed by atoms with Crippen LogP contribution < -0.4 is 18.9 Å². The van der Waals surface area contributed by atoms with Crippen molar-refractivity contribution in [2.75, 3.05) is 46.6 Å². The molecule has 42 heavy (non-hydrogen) atoms. The summed E-state index contributed by atoms with van der Waals surface area (Å²) < 4.78 is 9.67. The number of aliphatic hydroxyl groups is 1. The number of likely N-dealkylation sites (tertiary alicyclic amines) is 2. The number of ether oxygens (including phenoxy) is 2. The van der Waals surface area contributed by atoms with E-state index in [2.05, 4.69) is 35.2 Å². The molecule has 0 aliphatic carbocycles. The molecule has 2 aromatic rings. The van der Waals surface area contributed by atoms with Crippen LogP contribution in [0, 0.1) is 11.8 Å². The molecule has 3 saturated heterocycles. The van der Waals surface area contributed by atoms with Crippen molar-refractivity contribution in [2.24, 2.45) is 11.8 Å². The third-order valence-electron chi connectivity index (χ3n) is 7.67. The van der Waals surface area contributed by atoms with Gasteiger partial charge in [-0.05, 0) is 62.1 Å². The fraction of sp³-hybridized carbons (Fsp3) is 0.576. The van der Waals surface area contributed by atoms with Crippen molar-refractivity contribution in [3.63, 3.8) is 0 Å². The number of carbonyl (C=O) groups is 2. The van der Waals surface area contributed by atoms with Crippen molar-refractivity contribution in [3.8, 4) is 0 Å². The fourth-order valence-electron chi connectivity index (χ4n) is 5.39. The molecule has 0 spiro atoms. The van der Waals surface area contributed by atoms with Crippen LogP contribution in [-0.2, 0) is 32.2 Å². The summed E-state index contributed by atoms with van der Waals surface area (Å²) >= 11 is 0. The maximum Gasteiger partial charge on any atom is 1.00 e. The summed E-state index contributed by atoms with van der Waals surface area (Å²) in [7, 11) is 1.34. The predicted molar refractivity (Wildman–Crippen MR) is 168 cm³/mol. The molecule has 2 unspecified atom stereocenters. The van der Waals surface area contributed by atoms with Crippen molar-refractivity contribution in [1.82, 2.24) is 9.80 Å². The smallest absolute Gasteiger partial charge is 1.00 e. The Balaban J connectivity index is 0.000000670. The van der Waals surface area contributed by atoms with Gasteiger partial charge in [0.25, 0.3) is 0 Å². The molecule has 2 aromatic carbocycles. The first kappa shape index (κ1) is 38.4. The summed E-state index contributed by atoms with van der Waals surface area (Å²) in [4.78, 5) is 28.3. The summed E-state index contributed by atoms with van der Waals surface area (Å²) in [6, 6.07) is 20.4. The van der Waals surface area contributed by atoms with Gasteiger partial charge in [0.05, 0.1) is 7.11 Å². The summed E-state index contributed by atoms with van der Waals surface area (Å²) in [6.07, 6.45) is 8.68. The minimum Gasteiger partial charge on any atom is -1.00 e. The number of carbonyl (C=O) groups excluding carboxylic acids is 2. The molecule has 228 valence electrons. The minimum atomic E-state index is -0.629. The summed E-state index contributed by atoms with van der Waals surface area (Å²) in [5.74, 6) is -0.666. The fourth-order valence-corrected chi connectivity index (χ4v) is 5.39. The van der Waals surface area contributed by atoms with Gasteiger partial charge in [-0.25, -0.2) is 0 Å². The first-order chi connectivity index (χ1) is 19.6. The van der Waals surface area contributed by atoms with Crippen molar-refractivity contribution in [1.29, 1.82) is 0 Å². The first-order valence-corrected chi connectivity index (χ1v) is 15.0. The zero-order valence-electron chi connectivity index (χ0n) is 26.2. The molecule has 3 aliphatic heterocycles. The topological polar surface area (TPSA) is 79.3 Å². The van der Waals surface area contributed by atoms with Gasteiger partial charge in [-0.3, -0.25) is 14.5 Å². The van der Waals surface area contributed by atoms with Crippen LogP contribution >= 0.6 is 0 Å². The van der Waals surface area contributed by atoms with Gasteiger partial charge in [-0.1, -0.05) is 73.5 Å². The van der Waals surface area contributed by atoms with E-state index >= 15 is 0 Å². The SMILES string of the molecule is C1CCOC1.COC(=O)C1CCCCN(Cc2ccccc2)C1=O.OCC1CCCCN(Cc2ccccc2)C1.[AlH3].[H-].[Li+]. The van der Waals surface area contributed by atoms with Crippen LogP contribution in [0.4, 0.5) is 0 Å². The molecule has 1 N–H and O–H groups in total. The van der Waals surface area contributed by atoms with Gasteiger partial charge in [0.1, 0.15) is 5.92 Å². The van der Waals surface area contributed by atoms with Crippen molar-refractivity contribution in [2.45, 2.75) is 64.5 Å². The Morgan fingerprint density at radius 3 is 2.00 bits per heavy atom. The summed E-state index contributed by atoms with van der Waals surface area (Å²) in [5, 5.41) is 9.27. The van der Waals surface area contributed by atoms with E-state index in [1.54, 1.807) is 4.90 Å². The standard InChI is InChI=1S/C15H19NO3.C14H21NO.C4H8O.Al.Li.4H/c1-19-15(18)13-9-5-6-10-16(14(13)17)11-12-7-3-2-4-8-12;16-12-14-8-4-5-9-15(11-14)10-13-6-2-1-3-7-13;1-2-4-5-3-1;;;;;;/h2-4,7-8,13H,5-6,9-11H2,1H3;1-3,6-7,14,16H,4-5,8-12H2;1-4H2;;;;;;/q;;;;+1;;;;-1. The number of benzene rings is 2. The van der Waals surface area contributed by atoms with Crippen LogP contribution in [0.15, 0.2) is 60.7 Å². The molecule has 2 atom stereocenters. The molecule has 3 heterocycles. The molecule has 5 rings (SSSR count). The van der Waals surface area contributed by atoms with Crippen molar-refractivity contribution >= 4 is 29.2 Å². The number of esters is 1. The number of amides is 1. The number of methoxy groups -OCH3 is 1. The van der Waals surface area contributed by atoms with Crippen LogP contribution in [0.5, 0.6) is 0 Å². The summed E-state index contributed by atoms with van der Waals surface area (Å²) in [6.45, 7) is 6.85. The first-order valence-electron chi connectivity index (χ1n) is 15.0. The van der Waals surface area contributed by atoms with Crippen LogP contribution in [0.25, 0.3) is 0 Å². The maximum atomic E-state index is 12.4. The van der Waals surface area contributed by atoms with E-state index in [1.165, 1.54) is 51.3 Å². The monoisotopic (exact) mass is 590 g/mol. The van der Waals surface area contributed by atoms with E-state index in [-0.39, 0.29) is 43.6 Å². The number of hydrogen-bond acceptors (Lipinski definition) is 6. The number of aliphatic hydroxyl groups excluding tert-OH is 1. The van der Waals surface area contributed by atoms with Gasteiger partial charge in [0.15, 0.2) is 17.4 Å². The number of nitrogens with zero attached hydrogens (tertiary/aromatic N) is 2. The Morgan fingerprint density at radius 1 is 0.881 bits per heavy atom. The Morgan fingerprint density at radius 2 is 1.45 bits per heavy atom. The van der Waals surface area contributed by atoms with E-state index in [1.807, 2.05) is 30.3 Å². The average Bonchev–Trinajstić information content (AvgIpc) is 3.44. The van der Waals surface area contributed by atoms with Crippen LogP contribution in [0.2, 0.25) is 0 Å². The molecule has 3 aliphatic rings. The van der Waals surface area contributed by atoms with Crippen molar-refractivity contribution in [3.05, 3.63) is 71.8 Å². The van der Waals surface area contributed by atoms with Gasteiger partial charge >= 0.3 is 24.8 Å². The third-order valence-corrected chi connectivity index (χ3v) is 7.67. The number of hydrogen-bond donors (Lipinski definition) is 1. The molecule has 0 bridgehead atoms. The molecule has 1 amide bonds. The largest absolute Gasteiger partial charge is 1.00 e. The molecule has 0 saturated carbocycles. The van der Waals surface area contributed by atoms with Gasteiger partial charge in [-0.15, -0.1) is 0 Å². The van der Waals surface area contributed by atoms with E-state index in [0.717, 1.165) is 44.7 Å². The predicted octanol–water partition coefficient (Wildman–Crippen LogP) is 0.999. The zero-order valence-corrected chi connectivity index (χ0v) is 25.2. The second-order valence-electron chi connectivity index (χ2n) is 10.9. The van der Waals surface area contributed by atoms with E-state index in [0.29, 0.717) is 32.0 Å². The molecule has 9 heteroatoms. The Kier molecular flexibility index (Phi) is 20.9. The Bertz CT molecular complexity index is 980. The second-order valence-corrected chi connectivity index (χ2v) is 10.9. The van der Waals surface area contributed by atoms with Gasteiger partial charge < -0.3 is 20.9 Å². The average molecular weight is 591 g/mol. The zero-order chi connectivity index (χ0) is 28.4. The molecule has 7 nitrogen and oxygen atoms in total. The molecule has 0 radical (unpaired) electrons. The minimum absolute atomic E-state index is 0. The van der Waals surface area contributed by atoms with Crippen LogP contribution in [0.3, 0.4) is 0 Å². The van der Waals surface area contributed by atoms with Gasteiger partial charge in [-0.2, -0.15) is 0 Å². The number of rotatable bonds is 6. The van der Waals surface area contributed by atoms with E-state index < -0.39 is 11.9 Å². The molecular weight excluding hydrogens is 538 g/mol. The molecule has 3 fully saturated rings. The third kappa shape index (κ3) is 14.2. The molecule has 0 aromatic heterocycles. The van der Waals surface area contributed by atoms with E-state index in [9.17, 15) is 14.7 Å². The van der Waals surface area contributed by atoms with Crippen LogP contribution in [0.1, 0.15) is 63.9 Å². The second kappa shape index (κ2) is 22.9. The van der Waals surface area contributed by atoms with Gasteiger partial charge in [0.2, 0.25) is 5.91 Å². The Labute approximate surface area is 277 Å².